The summed E-state index contributed by atoms with van der Waals surface area (Å²) in [5.74, 6) is 1.47. The molecule has 0 unspecified atom stereocenters. The Balaban J connectivity index is 1.62. The largest absolute Gasteiger partial charge is 0.454 e. The van der Waals surface area contributed by atoms with E-state index < -0.39 is 4.92 Å². The van der Waals surface area contributed by atoms with Crippen LogP contribution in [-0.2, 0) is 6.54 Å². The van der Waals surface area contributed by atoms with Crippen molar-refractivity contribution in [1.82, 2.24) is 10.2 Å². The predicted molar refractivity (Wildman–Crippen MR) is 101 cm³/mol. The van der Waals surface area contributed by atoms with Crippen molar-refractivity contribution in [1.29, 1.82) is 0 Å². The van der Waals surface area contributed by atoms with E-state index in [1.807, 2.05) is 43.1 Å². The summed E-state index contributed by atoms with van der Waals surface area (Å²) in [4.78, 5) is 12.4. The minimum atomic E-state index is -0.396. The number of nitrogens with zero attached hydrogens (tertiary/aromatic N) is 2. The Morgan fingerprint density at radius 2 is 2.08 bits per heavy atom. The molecule has 136 valence electrons. The molecule has 0 saturated carbocycles. The fourth-order valence-corrected chi connectivity index (χ4v) is 2.88. The van der Waals surface area contributed by atoms with E-state index in [4.69, 9.17) is 21.7 Å². The Labute approximate surface area is 156 Å². The number of nitro groups is 1. The molecule has 0 fully saturated rings. The summed E-state index contributed by atoms with van der Waals surface area (Å²) in [6.07, 6.45) is 0. The summed E-state index contributed by atoms with van der Waals surface area (Å²) in [6.45, 7) is 2.74. The molecule has 2 aromatic carbocycles. The van der Waals surface area contributed by atoms with Crippen LogP contribution in [0.4, 0.5) is 5.69 Å². The minimum Gasteiger partial charge on any atom is -0.454 e. The average Bonchev–Trinajstić information content (AvgIpc) is 3.12. The van der Waals surface area contributed by atoms with Gasteiger partial charge in [0.25, 0.3) is 5.69 Å². The highest BCUT2D eigenvalue weighted by molar-refractivity contribution is 7.80. The van der Waals surface area contributed by atoms with E-state index in [1.165, 1.54) is 6.07 Å². The molecule has 7 nitrogen and oxygen atoms in total. The van der Waals surface area contributed by atoms with Crippen LogP contribution < -0.4 is 14.8 Å². The Morgan fingerprint density at radius 3 is 2.85 bits per heavy atom. The first-order valence-corrected chi connectivity index (χ1v) is 8.50. The molecule has 0 saturated heterocycles. The fraction of sp³-hybridized carbons (Fsp3) is 0.278. The number of hydrogen-bond donors (Lipinski definition) is 1. The Morgan fingerprint density at radius 1 is 1.31 bits per heavy atom. The smallest absolute Gasteiger partial charge is 0.269 e. The molecule has 1 atom stereocenters. The maximum absolute atomic E-state index is 11.0. The SMILES string of the molecule is C[C@H](c1cccc([N+](=O)[O-])c1)N(C)C(=S)NCc1ccc2c(c1)OCO2. The van der Waals surface area contributed by atoms with Crippen LogP contribution in [-0.4, -0.2) is 28.8 Å². The lowest BCUT2D eigenvalue weighted by Crippen LogP contribution is -2.38. The zero-order chi connectivity index (χ0) is 18.7. The lowest BCUT2D eigenvalue weighted by atomic mass is 10.1. The predicted octanol–water partition coefficient (Wildman–Crippen LogP) is 3.39. The molecule has 1 aliphatic heterocycles. The number of nitro benzene ring substituents is 1. The van der Waals surface area contributed by atoms with Gasteiger partial charge in [-0.1, -0.05) is 18.2 Å². The van der Waals surface area contributed by atoms with E-state index in [0.29, 0.717) is 11.7 Å². The van der Waals surface area contributed by atoms with Gasteiger partial charge in [0.15, 0.2) is 16.6 Å². The van der Waals surface area contributed by atoms with Gasteiger partial charge >= 0.3 is 0 Å². The molecule has 1 N–H and O–H groups in total. The first kappa shape index (κ1) is 17.9. The van der Waals surface area contributed by atoms with Crippen molar-refractivity contribution in [3.05, 3.63) is 63.7 Å². The van der Waals surface area contributed by atoms with Crippen LogP contribution in [0, 0.1) is 10.1 Å². The maximum atomic E-state index is 11.0. The van der Waals surface area contributed by atoms with Crippen molar-refractivity contribution >= 4 is 23.0 Å². The fourth-order valence-electron chi connectivity index (χ4n) is 2.65. The van der Waals surface area contributed by atoms with Gasteiger partial charge in [-0.15, -0.1) is 0 Å². The molecule has 3 rings (SSSR count). The van der Waals surface area contributed by atoms with Crippen molar-refractivity contribution in [2.45, 2.75) is 19.5 Å². The van der Waals surface area contributed by atoms with Gasteiger partial charge in [0, 0.05) is 25.7 Å². The van der Waals surface area contributed by atoms with Gasteiger partial charge in [-0.05, 0) is 42.4 Å². The average molecular weight is 373 g/mol. The number of nitrogens with one attached hydrogen (secondary N) is 1. The van der Waals surface area contributed by atoms with Gasteiger partial charge in [-0.2, -0.15) is 0 Å². The quantitative estimate of drug-likeness (QED) is 0.489. The van der Waals surface area contributed by atoms with Gasteiger partial charge < -0.3 is 19.7 Å². The molecule has 2 aromatic rings. The van der Waals surface area contributed by atoms with Gasteiger partial charge in [0.1, 0.15) is 0 Å². The summed E-state index contributed by atoms with van der Waals surface area (Å²) in [5.41, 5.74) is 1.92. The molecule has 8 heteroatoms. The molecule has 0 radical (unpaired) electrons. The summed E-state index contributed by atoms with van der Waals surface area (Å²) >= 11 is 5.46. The van der Waals surface area contributed by atoms with E-state index >= 15 is 0 Å². The summed E-state index contributed by atoms with van der Waals surface area (Å²) in [5, 5.41) is 14.7. The molecule has 0 bridgehead atoms. The van der Waals surface area contributed by atoms with E-state index in [2.05, 4.69) is 5.32 Å². The van der Waals surface area contributed by atoms with E-state index in [-0.39, 0.29) is 18.5 Å². The second-order valence-corrected chi connectivity index (χ2v) is 6.37. The van der Waals surface area contributed by atoms with Crippen LogP contribution in [0.15, 0.2) is 42.5 Å². The molecular weight excluding hydrogens is 354 g/mol. The number of hydrogen-bond acceptors (Lipinski definition) is 5. The van der Waals surface area contributed by atoms with Gasteiger partial charge in [0.05, 0.1) is 11.0 Å². The highest BCUT2D eigenvalue weighted by Crippen LogP contribution is 2.32. The molecule has 0 aliphatic carbocycles. The zero-order valence-corrected chi connectivity index (χ0v) is 15.3. The number of thiocarbonyl (C=S) groups is 1. The van der Waals surface area contributed by atoms with Gasteiger partial charge in [-0.25, -0.2) is 0 Å². The molecule has 0 aromatic heterocycles. The minimum absolute atomic E-state index is 0.0713. The summed E-state index contributed by atoms with van der Waals surface area (Å²) in [7, 11) is 1.86. The summed E-state index contributed by atoms with van der Waals surface area (Å²) < 4.78 is 10.7. The highest BCUT2D eigenvalue weighted by atomic mass is 32.1. The van der Waals surface area contributed by atoms with Crippen LogP contribution in [0.1, 0.15) is 24.1 Å². The monoisotopic (exact) mass is 373 g/mol. The van der Waals surface area contributed by atoms with Crippen LogP contribution in [0.3, 0.4) is 0 Å². The molecule has 0 amide bonds. The number of rotatable bonds is 5. The van der Waals surface area contributed by atoms with Crippen LogP contribution in [0.25, 0.3) is 0 Å². The van der Waals surface area contributed by atoms with Crippen LogP contribution in [0.5, 0.6) is 11.5 Å². The lowest BCUT2D eigenvalue weighted by molar-refractivity contribution is -0.384. The van der Waals surface area contributed by atoms with Crippen LogP contribution >= 0.6 is 12.2 Å². The second kappa shape index (κ2) is 7.57. The first-order chi connectivity index (χ1) is 12.5. The van der Waals surface area contributed by atoms with Gasteiger partial charge in [-0.3, -0.25) is 10.1 Å². The third-order valence-electron chi connectivity index (χ3n) is 4.35. The van der Waals surface area contributed by atoms with E-state index in [1.54, 1.807) is 12.1 Å². The first-order valence-electron chi connectivity index (χ1n) is 8.09. The number of ether oxygens (including phenoxy) is 2. The van der Waals surface area contributed by atoms with Crippen molar-refractivity contribution in [2.24, 2.45) is 0 Å². The number of fused-ring (bicyclic) bond motifs is 1. The van der Waals surface area contributed by atoms with Crippen molar-refractivity contribution < 1.29 is 14.4 Å². The molecule has 0 spiro atoms. The molecular formula is C18H19N3O4S. The third-order valence-corrected chi connectivity index (χ3v) is 4.78. The second-order valence-electron chi connectivity index (χ2n) is 5.99. The zero-order valence-electron chi connectivity index (χ0n) is 14.5. The summed E-state index contributed by atoms with van der Waals surface area (Å²) in [6, 6.07) is 12.2. The van der Waals surface area contributed by atoms with E-state index in [9.17, 15) is 10.1 Å². The molecule has 1 aliphatic rings. The Hall–Kier alpha value is -2.87. The van der Waals surface area contributed by atoms with Crippen molar-refractivity contribution in [3.63, 3.8) is 0 Å². The number of benzene rings is 2. The standard InChI is InChI=1S/C18H19N3O4S/c1-12(14-4-3-5-15(9-14)21(22)23)20(2)18(26)19-10-13-6-7-16-17(8-13)25-11-24-16/h3-9,12H,10-11H2,1-2H3,(H,19,26)/t12-/m1/s1. The molecule has 26 heavy (non-hydrogen) atoms. The Kier molecular flexibility index (Phi) is 5.22. The van der Waals surface area contributed by atoms with E-state index in [0.717, 1.165) is 22.6 Å². The Bertz CT molecular complexity index is 843. The highest BCUT2D eigenvalue weighted by Gasteiger charge is 2.18. The lowest BCUT2D eigenvalue weighted by Gasteiger charge is -2.28. The normalized spacial score (nSPS) is 13.2. The third kappa shape index (κ3) is 3.85. The van der Waals surface area contributed by atoms with Gasteiger partial charge in [0.2, 0.25) is 6.79 Å². The molecule has 1 heterocycles. The number of non-ortho nitro benzene ring substituents is 1. The topological polar surface area (TPSA) is 76.9 Å². The van der Waals surface area contributed by atoms with Crippen molar-refractivity contribution in [2.75, 3.05) is 13.8 Å². The van der Waals surface area contributed by atoms with Crippen LogP contribution in [0.2, 0.25) is 0 Å². The maximum Gasteiger partial charge on any atom is 0.269 e. The van der Waals surface area contributed by atoms with Crippen molar-refractivity contribution in [3.8, 4) is 11.5 Å².